The lowest BCUT2D eigenvalue weighted by atomic mass is 9.72. The monoisotopic (exact) mass is 327 g/mol. The van der Waals surface area contributed by atoms with Gasteiger partial charge in [-0.05, 0) is 42.2 Å². The molecule has 4 heteroatoms. The van der Waals surface area contributed by atoms with Crippen molar-refractivity contribution in [1.82, 2.24) is 0 Å². The third-order valence-electron chi connectivity index (χ3n) is 5.12. The van der Waals surface area contributed by atoms with Crippen LogP contribution < -0.4 is 4.90 Å². The number of benzene rings is 2. The molecule has 4 rings (SSSR count). The number of hydrogen-bond acceptors (Lipinski definition) is 2. The van der Waals surface area contributed by atoms with E-state index in [2.05, 4.69) is 6.07 Å². The molecular weight excluding hydrogens is 310 g/mol. The fourth-order valence-corrected chi connectivity index (χ4v) is 4.03. The molecule has 2 heterocycles. The van der Waals surface area contributed by atoms with Crippen LogP contribution in [0.15, 0.2) is 48.5 Å². The van der Waals surface area contributed by atoms with Gasteiger partial charge in [0.2, 0.25) is 5.91 Å². The maximum atomic E-state index is 13.0. The van der Waals surface area contributed by atoms with Crippen LogP contribution in [0.4, 0.5) is 5.69 Å². The zero-order valence-corrected chi connectivity index (χ0v) is 13.7. The number of anilines is 1. The van der Waals surface area contributed by atoms with Crippen molar-refractivity contribution < 1.29 is 9.53 Å². The number of para-hydroxylation sites is 1. The first-order chi connectivity index (χ1) is 11.1. The average Bonchev–Trinajstić information content (AvgIpc) is 2.79. The Balaban J connectivity index is 1.74. The molecule has 1 fully saturated rings. The van der Waals surface area contributed by atoms with Crippen LogP contribution in [-0.2, 0) is 14.9 Å². The van der Waals surface area contributed by atoms with Crippen LogP contribution in [0.2, 0.25) is 5.02 Å². The van der Waals surface area contributed by atoms with E-state index < -0.39 is 5.41 Å². The van der Waals surface area contributed by atoms with Crippen LogP contribution in [-0.4, -0.2) is 19.6 Å². The van der Waals surface area contributed by atoms with Crippen LogP contribution in [0.25, 0.3) is 0 Å². The van der Waals surface area contributed by atoms with Gasteiger partial charge in [0.1, 0.15) is 0 Å². The van der Waals surface area contributed by atoms with Gasteiger partial charge in [-0.1, -0.05) is 41.9 Å². The molecular formula is C19H18ClNO2. The van der Waals surface area contributed by atoms with Crippen molar-refractivity contribution in [2.45, 2.75) is 24.4 Å². The van der Waals surface area contributed by atoms with E-state index in [-0.39, 0.29) is 12.0 Å². The molecule has 2 aliphatic rings. The number of halogens is 1. The number of nitrogens with zero attached hydrogens (tertiary/aromatic N) is 1. The second-order valence-corrected chi connectivity index (χ2v) is 6.76. The summed E-state index contributed by atoms with van der Waals surface area (Å²) in [7, 11) is 1.86. The predicted molar refractivity (Wildman–Crippen MR) is 90.9 cm³/mol. The fourth-order valence-electron chi connectivity index (χ4n) is 3.90. The quantitative estimate of drug-likeness (QED) is 0.789. The molecule has 0 bridgehead atoms. The SMILES string of the molecule is CN1C(=O)[C@]2(CCO[C@@H](c3ccc(Cl)cc3)C2)c2ccccc21. The van der Waals surface area contributed by atoms with Crippen molar-refractivity contribution >= 4 is 23.2 Å². The number of hydrogen-bond donors (Lipinski definition) is 0. The number of fused-ring (bicyclic) bond motifs is 2. The van der Waals surface area contributed by atoms with Crippen LogP contribution in [0.3, 0.4) is 0 Å². The summed E-state index contributed by atoms with van der Waals surface area (Å²) in [6.07, 6.45) is 1.33. The molecule has 2 aromatic rings. The summed E-state index contributed by atoms with van der Waals surface area (Å²) < 4.78 is 5.98. The summed E-state index contributed by atoms with van der Waals surface area (Å²) in [6.45, 7) is 0.585. The Kier molecular flexibility index (Phi) is 3.43. The molecule has 2 atom stereocenters. The maximum Gasteiger partial charge on any atom is 0.237 e. The van der Waals surface area contributed by atoms with E-state index in [1.807, 2.05) is 49.5 Å². The topological polar surface area (TPSA) is 29.5 Å². The Hall–Kier alpha value is -1.84. The molecule has 1 amide bonds. The lowest BCUT2D eigenvalue weighted by Crippen LogP contribution is -2.43. The summed E-state index contributed by atoms with van der Waals surface area (Å²) >= 11 is 5.98. The summed E-state index contributed by atoms with van der Waals surface area (Å²) in [4.78, 5) is 14.8. The predicted octanol–water partition coefficient (Wildman–Crippen LogP) is 4.11. The minimum absolute atomic E-state index is 0.0791. The van der Waals surface area contributed by atoms with E-state index in [0.717, 1.165) is 23.2 Å². The highest BCUT2D eigenvalue weighted by Crippen LogP contribution is 2.50. The molecule has 0 aromatic heterocycles. The molecule has 0 aliphatic carbocycles. The first-order valence-electron chi connectivity index (χ1n) is 7.86. The molecule has 1 saturated heterocycles. The summed E-state index contributed by atoms with van der Waals surface area (Å²) in [5.74, 6) is 0.181. The standard InChI is InChI=1S/C19H18ClNO2/c1-21-16-5-3-2-4-15(16)19(18(21)22)10-11-23-17(12-19)13-6-8-14(20)9-7-13/h2-9,17H,10-12H2,1H3/t17-,19+/m1/s1. The van der Waals surface area contributed by atoms with Gasteiger partial charge in [-0.2, -0.15) is 0 Å². The minimum atomic E-state index is -0.464. The highest BCUT2D eigenvalue weighted by molar-refractivity contribution is 6.30. The minimum Gasteiger partial charge on any atom is -0.373 e. The molecule has 23 heavy (non-hydrogen) atoms. The Morgan fingerprint density at radius 2 is 1.91 bits per heavy atom. The van der Waals surface area contributed by atoms with E-state index in [0.29, 0.717) is 18.1 Å². The largest absolute Gasteiger partial charge is 0.373 e. The number of carbonyl (C=O) groups is 1. The van der Waals surface area contributed by atoms with Gasteiger partial charge >= 0.3 is 0 Å². The Bertz CT molecular complexity index is 758. The zero-order chi connectivity index (χ0) is 16.0. The molecule has 0 saturated carbocycles. The fraction of sp³-hybridized carbons (Fsp3) is 0.316. The van der Waals surface area contributed by atoms with Gasteiger partial charge in [-0.15, -0.1) is 0 Å². The normalized spacial score (nSPS) is 26.6. The molecule has 0 N–H and O–H groups in total. The summed E-state index contributed by atoms with van der Waals surface area (Å²) in [5.41, 5.74) is 2.77. The average molecular weight is 328 g/mol. The van der Waals surface area contributed by atoms with Gasteiger partial charge < -0.3 is 9.64 Å². The van der Waals surface area contributed by atoms with Gasteiger partial charge in [0, 0.05) is 24.4 Å². The lowest BCUT2D eigenvalue weighted by molar-refractivity contribution is -0.129. The van der Waals surface area contributed by atoms with Crippen LogP contribution in [0.1, 0.15) is 30.1 Å². The molecule has 1 spiro atoms. The van der Waals surface area contributed by atoms with Gasteiger partial charge in [0.15, 0.2) is 0 Å². The van der Waals surface area contributed by atoms with Crippen LogP contribution >= 0.6 is 11.6 Å². The highest BCUT2D eigenvalue weighted by Gasteiger charge is 2.52. The van der Waals surface area contributed by atoms with Crippen molar-refractivity contribution in [3.8, 4) is 0 Å². The number of likely N-dealkylation sites (N-methyl/N-ethyl adjacent to an activating group) is 1. The summed E-state index contributed by atoms with van der Waals surface area (Å²) in [6, 6.07) is 15.8. The van der Waals surface area contributed by atoms with E-state index in [1.54, 1.807) is 4.90 Å². The van der Waals surface area contributed by atoms with Gasteiger partial charge in [0.25, 0.3) is 0 Å². The lowest BCUT2D eigenvalue weighted by Gasteiger charge is -2.37. The summed E-state index contributed by atoms with van der Waals surface area (Å²) in [5, 5.41) is 0.710. The van der Waals surface area contributed by atoms with E-state index in [9.17, 15) is 4.79 Å². The number of carbonyl (C=O) groups excluding carboxylic acids is 1. The number of ether oxygens (including phenoxy) is 1. The molecule has 0 radical (unpaired) electrons. The van der Waals surface area contributed by atoms with Crippen molar-refractivity contribution in [3.05, 3.63) is 64.7 Å². The Morgan fingerprint density at radius 3 is 2.70 bits per heavy atom. The molecule has 2 aliphatic heterocycles. The first-order valence-corrected chi connectivity index (χ1v) is 8.24. The highest BCUT2D eigenvalue weighted by atomic mass is 35.5. The smallest absolute Gasteiger partial charge is 0.237 e. The van der Waals surface area contributed by atoms with Crippen molar-refractivity contribution in [2.75, 3.05) is 18.6 Å². The van der Waals surface area contributed by atoms with Crippen LogP contribution in [0.5, 0.6) is 0 Å². The number of amides is 1. The molecule has 118 valence electrons. The van der Waals surface area contributed by atoms with Crippen molar-refractivity contribution in [3.63, 3.8) is 0 Å². The second kappa shape index (κ2) is 5.36. The van der Waals surface area contributed by atoms with E-state index >= 15 is 0 Å². The third-order valence-corrected chi connectivity index (χ3v) is 5.37. The second-order valence-electron chi connectivity index (χ2n) is 6.33. The zero-order valence-electron chi connectivity index (χ0n) is 13.0. The van der Waals surface area contributed by atoms with Gasteiger partial charge in [-0.3, -0.25) is 4.79 Å². The third kappa shape index (κ3) is 2.19. The molecule has 3 nitrogen and oxygen atoms in total. The number of rotatable bonds is 1. The van der Waals surface area contributed by atoms with E-state index in [1.165, 1.54) is 0 Å². The van der Waals surface area contributed by atoms with Gasteiger partial charge in [0.05, 0.1) is 11.5 Å². The first kappa shape index (κ1) is 14.7. The Morgan fingerprint density at radius 1 is 1.17 bits per heavy atom. The van der Waals surface area contributed by atoms with E-state index in [4.69, 9.17) is 16.3 Å². The molecule has 2 aromatic carbocycles. The van der Waals surface area contributed by atoms with Crippen molar-refractivity contribution in [2.24, 2.45) is 0 Å². The van der Waals surface area contributed by atoms with Crippen molar-refractivity contribution in [1.29, 1.82) is 0 Å². The van der Waals surface area contributed by atoms with Gasteiger partial charge in [-0.25, -0.2) is 0 Å². The maximum absolute atomic E-state index is 13.0. The molecule has 0 unspecified atom stereocenters. The Labute approximate surface area is 140 Å². The van der Waals surface area contributed by atoms with Crippen LogP contribution in [0, 0.1) is 0 Å².